The Hall–Kier alpha value is -1.00. The number of hydrogen-bond acceptors (Lipinski definition) is 3. The number of benzene rings is 1. The predicted molar refractivity (Wildman–Crippen MR) is 64.2 cm³/mol. The van der Waals surface area contributed by atoms with E-state index in [1.54, 1.807) is 0 Å². The molecule has 17 heavy (non-hydrogen) atoms. The first-order valence-electron chi connectivity index (χ1n) is 5.51. The van der Waals surface area contributed by atoms with Gasteiger partial charge in [-0.2, -0.15) is 0 Å². The van der Waals surface area contributed by atoms with Crippen LogP contribution in [-0.2, 0) is 5.41 Å². The largest absolute Gasteiger partial charge is 0.504 e. The van der Waals surface area contributed by atoms with Gasteiger partial charge in [-0.3, -0.25) is 0 Å². The third kappa shape index (κ3) is 1.76. The molecule has 1 aromatic rings. The van der Waals surface area contributed by atoms with Gasteiger partial charge in [-0.15, -0.1) is 0 Å². The lowest BCUT2D eigenvalue weighted by molar-refractivity contribution is 0.232. The topological polar surface area (TPSA) is 55.5 Å². The Kier molecular flexibility index (Phi) is 3.19. The third-order valence-corrected chi connectivity index (χ3v) is 3.86. The van der Waals surface area contributed by atoms with E-state index in [4.69, 9.17) is 22.1 Å². The van der Waals surface area contributed by atoms with Crippen molar-refractivity contribution < 1.29 is 14.2 Å². The minimum Gasteiger partial charge on any atom is -0.504 e. The van der Waals surface area contributed by atoms with Crippen LogP contribution >= 0.6 is 11.6 Å². The van der Waals surface area contributed by atoms with Crippen LogP contribution < -0.4 is 10.5 Å². The van der Waals surface area contributed by atoms with Crippen LogP contribution in [0.15, 0.2) is 6.07 Å². The van der Waals surface area contributed by atoms with Gasteiger partial charge >= 0.3 is 0 Å². The number of phenols is 1. The molecule has 0 heterocycles. The molecule has 0 amide bonds. The summed E-state index contributed by atoms with van der Waals surface area (Å²) >= 11 is 5.76. The molecule has 1 aromatic carbocycles. The van der Waals surface area contributed by atoms with E-state index < -0.39 is 11.2 Å². The van der Waals surface area contributed by atoms with Crippen molar-refractivity contribution in [3.8, 4) is 11.5 Å². The third-order valence-electron chi connectivity index (χ3n) is 3.59. The van der Waals surface area contributed by atoms with E-state index in [2.05, 4.69) is 0 Å². The van der Waals surface area contributed by atoms with E-state index in [-0.39, 0.29) is 16.5 Å². The summed E-state index contributed by atoms with van der Waals surface area (Å²) < 4.78 is 19.2. The van der Waals surface area contributed by atoms with E-state index in [0.29, 0.717) is 12.1 Å². The molecule has 3 N–H and O–H groups in total. The van der Waals surface area contributed by atoms with Gasteiger partial charge in [0.25, 0.3) is 0 Å². The number of hydrogen-bond donors (Lipinski definition) is 2. The van der Waals surface area contributed by atoms with Crippen LogP contribution in [0.5, 0.6) is 11.5 Å². The molecule has 0 bridgehead atoms. The fourth-order valence-corrected chi connectivity index (χ4v) is 2.63. The average Bonchev–Trinajstić information content (AvgIpc) is 2.24. The Morgan fingerprint density at radius 2 is 2.24 bits per heavy atom. The molecule has 3 nitrogen and oxygen atoms in total. The monoisotopic (exact) mass is 259 g/mol. The summed E-state index contributed by atoms with van der Waals surface area (Å²) in [5.41, 5.74) is 5.62. The second-order valence-corrected chi connectivity index (χ2v) is 4.84. The molecule has 1 aliphatic carbocycles. The van der Waals surface area contributed by atoms with E-state index in [1.165, 1.54) is 7.11 Å². The van der Waals surface area contributed by atoms with Gasteiger partial charge in [0.05, 0.1) is 12.1 Å². The maximum atomic E-state index is 14.2. The van der Waals surface area contributed by atoms with Gasteiger partial charge < -0.3 is 15.6 Å². The number of halogens is 2. The molecule has 1 aliphatic rings. The van der Waals surface area contributed by atoms with Gasteiger partial charge in [-0.05, 0) is 12.8 Å². The zero-order valence-electron chi connectivity index (χ0n) is 9.59. The lowest BCUT2D eigenvalue weighted by Gasteiger charge is -2.42. The molecule has 1 saturated carbocycles. The van der Waals surface area contributed by atoms with Gasteiger partial charge in [0.15, 0.2) is 11.5 Å². The Morgan fingerprint density at radius 1 is 1.59 bits per heavy atom. The summed E-state index contributed by atoms with van der Waals surface area (Å²) in [6.45, 7) is 0.320. The summed E-state index contributed by atoms with van der Waals surface area (Å²) in [6.07, 6.45) is 2.57. The summed E-state index contributed by atoms with van der Waals surface area (Å²) in [6, 6.07) is 1.15. The molecule has 94 valence electrons. The van der Waals surface area contributed by atoms with Crippen LogP contribution in [-0.4, -0.2) is 18.8 Å². The van der Waals surface area contributed by atoms with Gasteiger partial charge in [-0.25, -0.2) is 4.39 Å². The standard InChI is InChI=1S/C12H15ClFNO2/c1-17-11-8(16)5-7(13)10(14)9(11)12(6-15)3-2-4-12/h5,16H,2-4,6,15H2,1H3. The van der Waals surface area contributed by atoms with Crippen molar-refractivity contribution in [2.45, 2.75) is 24.7 Å². The first-order chi connectivity index (χ1) is 8.05. The van der Waals surface area contributed by atoms with Gasteiger partial charge in [0.2, 0.25) is 0 Å². The predicted octanol–water partition coefficient (Wildman–Crippen LogP) is 2.57. The molecule has 0 unspecified atom stereocenters. The molecule has 0 spiro atoms. The fraction of sp³-hybridized carbons (Fsp3) is 0.500. The minimum absolute atomic E-state index is 0.0991. The second kappa shape index (κ2) is 4.35. The summed E-state index contributed by atoms with van der Waals surface area (Å²) in [7, 11) is 1.40. The van der Waals surface area contributed by atoms with Crippen LogP contribution in [0.3, 0.4) is 0 Å². The van der Waals surface area contributed by atoms with Crippen molar-refractivity contribution in [3.63, 3.8) is 0 Å². The molecule has 0 radical (unpaired) electrons. The summed E-state index contributed by atoms with van der Waals surface area (Å²) in [5.74, 6) is -0.530. The molecular formula is C12H15ClFNO2. The number of rotatable bonds is 3. The van der Waals surface area contributed by atoms with Crippen LogP contribution in [0.1, 0.15) is 24.8 Å². The smallest absolute Gasteiger partial charge is 0.167 e. The molecule has 0 atom stereocenters. The highest BCUT2D eigenvalue weighted by atomic mass is 35.5. The molecule has 1 fully saturated rings. The Labute approximate surface area is 104 Å². The number of methoxy groups -OCH3 is 1. The molecule has 0 saturated heterocycles. The lowest BCUT2D eigenvalue weighted by Crippen LogP contribution is -2.42. The maximum absolute atomic E-state index is 14.2. The summed E-state index contributed by atoms with van der Waals surface area (Å²) in [5, 5.41) is 9.66. The van der Waals surface area contributed by atoms with Crippen LogP contribution in [0.4, 0.5) is 4.39 Å². The molecule has 2 rings (SSSR count). The molecular weight excluding hydrogens is 245 g/mol. The van der Waals surface area contributed by atoms with Crippen molar-refractivity contribution in [1.29, 1.82) is 0 Å². The highest BCUT2D eigenvalue weighted by Crippen LogP contribution is 2.51. The van der Waals surface area contributed by atoms with E-state index in [9.17, 15) is 9.50 Å². The van der Waals surface area contributed by atoms with Gasteiger partial charge in [0, 0.05) is 23.6 Å². The van der Waals surface area contributed by atoms with Crippen LogP contribution in [0, 0.1) is 5.82 Å². The van der Waals surface area contributed by atoms with E-state index >= 15 is 0 Å². The number of aromatic hydroxyl groups is 1. The lowest BCUT2D eigenvalue weighted by atomic mass is 9.64. The Morgan fingerprint density at radius 3 is 2.65 bits per heavy atom. The highest BCUT2D eigenvalue weighted by Gasteiger charge is 2.43. The normalized spacial score (nSPS) is 17.6. The fourth-order valence-electron chi connectivity index (χ4n) is 2.44. The first kappa shape index (κ1) is 12.5. The van der Waals surface area contributed by atoms with Crippen molar-refractivity contribution in [3.05, 3.63) is 22.5 Å². The Balaban J connectivity index is 2.65. The number of nitrogens with two attached hydrogens (primary N) is 1. The van der Waals surface area contributed by atoms with Crippen LogP contribution in [0.2, 0.25) is 5.02 Å². The second-order valence-electron chi connectivity index (χ2n) is 4.44. The first-order valence-corrected chi connectivity index (χ1v) is 5.89. The van der Waals surface area contributed by atoms with E-state index in [1.807, 2.05) is 0 Å². The number of ether oxygens (including phenoxy) is 1. The molecule has 0 aromatic heterocycles. The Bertz CT molecular complexity index is 441. The zero-order valence-corrected chi connectivity index (χ0v) is 10.4. The number of phenolic OH excluding ortho intramolecular Hbond substituents is 1. The highest BCUT2D eigenvalue weighted by molar-refractivity contribution is 6.31. The molecule has 0 aliphatic heterocycles. The van der Waals surface area contributed by atoms with E-state index in [0.717, 1.165) is 25.3 Å². The zero-order chi connectivity index (χ0) is 12.6. The van der Waals surface area contributed by atoms with Gasteiger partial charge in [-0.1, -0.05) is 18.0 Å². The quantitative estimate of drug-likeness (QED) is 0.877. The maximum Gasteiger partial charge on any atom is 0.167 e. The van der Waals surface area contributed by atoms with Crippen LogP contribution in [0.25, 0.3) is 0 Å². The summed E-state index contributed by atoms with van der Waals surface area (Å²) in [4.78, 5) is 0. The average molecular weight is 260 g/mol. The van der Waals surface area contributed by atoms with Gasteiger partial charge in [0.1, 0.15) is 5.82 Å². The minimum atomic E-state index is -0.536. The molecule has 5 heteroatoms. The van der Waals surface area contributed by atoms with Crippen molar-refractivity contribution in [2.24, 2.45) is 5.73 Å². The van der Waals surface area contributed by atoms with Crippen molar-refractivity contribution in [2.75, 3.05) is 13.7 Å². The van der Waals surface area contributed by atoms with Crippen molar-refractivity contribution >= 4 is 11.6 Å². The van der Waals surface area contributed by atoms with Crippen molar-refractivity contribution in [1.82, 2.24) is 0 Å². The SMILES string of the molecule is COc1c(O)cc(Cl)c(F)c1C1(CN)CCC1.